The van der Waals surface area contributed by atoms with Crippen molar-refractivity contribution in [2.75, 3.05) is 17.2 Å². The molecule has 0 aromatic heterocycles. The number of nitrogens with zero attached hydrogens (tertiary/aromatic N) is 1. The fourth-order valence-corrected chi connectivity index (χ4v) is 1.79. The lowest BCUT2D eigenvalue weighted by molar-refractivity contribution is -0.114. The Bertz CT molecular complexity index is 659. The number of nitriles is 1. The molecule has 1 amide bonds. The second-order valence-electron chi connectivity index (χ2n) is 4.41. The highest BCUT2D eigenvalue weighted by Gasteiger charge is 2.04. The lowest BCUT2D eigenvalue weighted by Gasteiger charge is -2.09. The summed E-state index contributed by atoms with van der Waals surface area (Å²) in [7, 11) is 0. The summed E-state index contributed by atoms with van der Waals surface area (Å²) in [6.07, 6.45) is 0. The Morgan fingerprint density at radius 3 is 2.75 bits per heavy atom. The molecular formula is C16H15N3O. The first-order chi connectivity index (χ1) is 9.69. The quantitative estimate of drug-likeness (QED) is 0.893. The van der Waals surface area contributed by atoms with Crippen LogP contribution < -0.4 is 10.6 Å². The number of rotatable bonds is 4. The van der Waals surface area contributed by atoms with Crippen molar-refractivity contribution < 1.29 is 4.79 Å². The van der Waals surface area contributed by atoms with Crippen LogP contribution in [0.5, 0.6) is 0 Å². The van der Waals surface area contributed by atoms with Crippen molar-refractivity contribution in [1.29, 1.82) is 5.26 Å². The Balaban J connectivity index is 1.93. The summed E-state index contributed by atoms with van der Waals surface area (Å²) in [4.78, 5) is 11.9. The molecule has 2 N–H and O–H groups in total. The molecular weight excluding hydrogens is 250 g/mol. The maximum Gasteiger partial charge on any atom is 0.243 e. The van der Waals surface area contributed by atoms with Gasteiger partial charge in [0.05, 0.1) is 18.2 Å². The van der Waals surface area contributed by atoms with E-state index in [9.17, 15) is 4.79 Å². The molecule has 0 aliphatic carbocycles. The number of para-hydroxylation sites is 1. The molecule has 2 aromatic carbocycles. The largest absolute Gasteiger partial charge is 0.376 e. The van der Waals surface area contributed by atoms with E-state index in [0.717, 1.165) is 16.9 Å². The Hall–Kier alpha value is -2.80. The highest BCUT2D eigenvalue weighted by atomic mass is 16.1. The van der Waals surface area contributed by atoms with Crippen molar-refractivity contribution >= 4 is 17.3 Å². The first-order valence-corrected chi connectivity index (χ1v) is 6.28. The Morgan fingerprint density at radius 2 is 2.00 bits per heavy atom. The van der Waals surface area contributed by atoms with Gasteiger partial charge in [-0.05, 0) is 36.8 Å². The number of hydrogen-bond donors (Lipinski definition) is 2. The molecule has 4 heteroatoms. The molecule has 0 saturated carbocycles. The van der Waals surface area contributed by atoms with Gasteiger partial charge in [0.25, 0.3) is 0 Å². The van der Waals surface area contributed by atoms with Gasteiger partial charge >= 0.3 is 0 Å². The maximum absolute atomic E-state index is 11.9. The molecule has 4 nitrogen and oxygen atoms in total. The number of carbonyl (C=O) groups is 1. The predicted molar refractivity (Wildman–Crippen MR) is 79.5 cm³/mol. The lowest BCUT2D eigenvalue weighted by Crippen LogP contribution is -2.22. The highest BCUT2D eigenvalue weighted by molar-refractivity contribution is 5.94. The van der Waals surface area contributed by atoms with Gasteiger partial charge in [-0.25, -0.2) is 0 Å². The van der Waals surface area contributed by atoms with E-state index in [1.54, 1.807) is 18.2 Å². The average Bonchev–Trinajstić information content (AvgIpc) is 2.48. The van der Waals surface area contributed by atoms with Crippen LogP contribution in [0.4, 0.5) is 11.4 Å². The number of carbonyl (C=O) groups excluding carboxylic acids is 1. The number of benzene rings is 2. The Morgan fingerprint density at radius 1 is 1.20 bits per heavy atom. The van der Waals surface area contributed by atoms with E-state index in [1.807, 2.05) is 37.3 Å². The third-order valence-corrected chi connectivity index (χ3v) is 2.86. The molecule has 0 unspecified atom stereocenters. The molecule has 0 aliphatic heterocycles. The van der Waals surface area contributed by atoms with Gasteiger partial charge in [-0.2, -0.15) is 5.26 Å². The Kier molecular flexibility index (Phi) is 4.35. The summed E-state index contributed by atoms with van der Waals surface area (Å²) < 4.78 is 0. The highest BCUT2D eigenvalue weighted by Crippen LogP contribution is 2.13. The van der Waals surface area contributed by atoms with Gasteiger partial charge in [0.15, 0.2) is 0 Å². The van der Waals surface area contributed by atoms with Gasteiger partial charge in [0, 0.05) is 11.4 Å². The van der Waals surface area contributed by atoms with Crippen LogP contribution in [-0.4, -0.2) is 12.5 Å². The van der Waals surface area contributed by atoms with Crippen molar-refractivity contribution in [3.05, 3.63) is 59.7 Å². The molecule has 0 fully saturated rings. The molecule has 0 spiro atoms. The zero-order valence-electron chi connectivity index (χ0n) is 11.2. The molecule has 100 valence electrons. The van der Waals surface area contributed by atoms with Gasteiger partial charge in [-0.3, -0.25) is 4.79 Å². The maximum atomic E-state index is 11.9. The fourth-order valence-electron chi connectivity index (χ4n) is 1.79. The number of amides is 1. The molecule has 0 radical (unpaired) electrons. The van der Waals surface area contributed by atoms with E-state index in [0.29, 0.717) is 5.56 Å². The van der Waals surface area contributed by atoms with Crippen molar-refractivity contribution in [2.24, 2.45) is 0 Å². The molecule has 0 aliphatic rings. The number of hydrogen-bond acceptors (Lipinski definition) is 3. The molecule has 2 aromatic rings. The van der Waals surface area contributed by atoms with Crippen LogP contribution in [0, 0.1) is 18.3 Å². The van der Waals surface area contributed by atoms with Gasteiger partial charge < -0.3 is 10.6 Å². The topological polar surface area (TPSA) is 64.9 Å². The third kappa shape index (κ3) is 3.59. The van der Waals surface area contributed by atoms with E-state index in [1.165, 1.54) is 0 Å². The van der Waals surface area contributed by atoms with E-state index in [2.05, 4.69) is 16.7 Å². The monoisotopic (exact) mass is 265 g/mol. The van der Waals surface area contributed by atoms with Gasteiger partial charge in [-0.1, -0.05) is 24.3 Å². The van der Waals surface area contributed by atoms with Crippen LogP contribution in [0.2, 0.25) is 0 Å². The van der Waals surface area contributed by atoms with E-state index >= 15 is 0 Å². The Labute approximate surface area is 118 Å². The van der Waals surface area contributed by atoms with Crippen LogP contribution >= 0.6 is 0 Å². The van der Waals surface area contributed by atoms with Crippen LogP contribution in [0.3, 0.4) is 0 Å². The molecule has 0 bridgehead atoms. The summed E-state index contributed by atoms with van der Waals surface area (Å²) in [5, 5.41) is 14.6. The first kappa shape index (κ1) is 13.6. The molecule has 0 heterocycles. The lowest BCUT2D eigenvalue weighted by atomic mass is 10.2. The average molecular weight is 265 g/mol. The van der Waals surface area contributed by atoms with E-state index < -0.39 is 0 Å². The van der Waals surface area contributed by atoms with Crippen LogP contribution in [0.15, 0.2) is 48.5 Å². The summed E-state index contributed by atoms with van der Waals surface area (Å²) >= 11 is 0. The second kappa shape index (κ2) is 6.39. The van der Waals surface area contributed by atoms with E-state index in [-0.39, 0.29) is 12.5 Å². The minimum absolute atomic E-state index is 0.123. The number of anilines is 2. The molecule has 20 heavy (non-hydrogen) atoms. The first-order valence-electron chi connectivity index (χ1n) is 6.28. The SMILES string of the molecule is Cc1ccccc1NC(=O)CNc1cccc(C#N)c1. The summed E-state index contributed by atoms with van der Waals surface area (Å²) in [5.41, 5.74) is 3.15. The second-order valence-corrected chi connectivity index (χ2v) is 4.41. The van der Waals surface area contributed by atoms with Gasteiger partial charge in [0.2, 0.25) is 5.91 Å². The van der Waals surface area contributed by atoms with Crippen LogP contribution in [-0.2, 0) is 4.79 Å². The zero-order chi connectivity index (χ0) is 14.4. The normalized spacial score (nSPS) is 9.60. The van der Waals surface area contributed by atoms with E-state index in [4.69, 9.17) is 5.26 Å². The predicted octanol–water partition coefficient (Wildman–Crippen LogP) is 2.92. The smallest absolute Gasteiger partial charge is 0.243 e. The fraction of sp³-hybridized carbons (Fsp3) is 0.125. The van der Waals surface area contributed by atoms with Gasteiger partial charge in [0.1, 0.15) is 0 Å². The molecule has 0 saturated heterocycles. The summed E-state index contributed by atoms with van der Waals surface area (Å²) in [5.74, 6) is -0.123. The van der Waals surface area contributed by atoms with Crippen molar-refractivity contribution in [3.63, 3.8) is 0 Å². The molecule has 2 rings (SSSR count). The van der Waals surface area contributed by atoms with Crippen molar-refractivity contribution in [2.45, 2.75) is 6.92 Å². The van der Waals surface area contributed by atoms with Gasteiger partial charge in [-0.15, -0.1) is 0 Å². The van der Waals surface area contributed by atoms with Crippen molar-refractivity contribution in [1.82, 2.24) is 0 Å². The molecule has 0 atom stereocenters. The van der Waals surface area contributed by atoms with Crippen LogP contribution in [0.25, 0.3) is 0 Å². The van der Waals surface area contributed by atoms with Crippen molar-refractivity contribution in [3.8, 4) is 6.07 Å². The summed E-state index contributed by atoms with van der Waals surface area (Å²) in [6, 6.07) is 16.7. The summed E-state index contributed by atoms with van der Waals surface area (Å²) in [6.45, 7) is 2.10. The number of nitrogens with one attached hydrogen (secondary N) is 2. The standard InChI is InChI=1S/C16H15N3O/c1-12-5-2-3-8-15(12)19-16(20)11-18-14-7-4-6-13(9-14)10-17/h2-9,18H,11H2,1H3,(H,19,20). The minimum atomic E-state index is -0.123. The number of aryl methyl sites for hydroxylation is 1. The minimum Gasteiger partial charge on any atom is -0.376 e. The third-order valence-electron chi connectivity index (χ3n) is 2.86. The zero-order valence-corrected chi connectivity index (χ0v) is 11.2. The van der Waals surface area contributed by atoms with Crippen LogP contribution in [0.1, 0.15) is 11.1 Å².